The van der Waals surface area contributed by atoms with E-state index in [4.69, 9.17) is 4.74 Å². The highest BCUT2D eigenvalue weighted by molar-refractivity contribution is 14.1. The number of phenols is 1. The molecule has 0 spiro atoms. The number of aryl methyl sites for hydroxylation is 1. The first-order valence-electron chi connectivity index (χ1n) is 3.18. The molecule has 11 heavy (non-hydrogen) atoms. The molecule has 0 saturated carbocycles. The molecular formula is C8H9IO2. The summed E-state index contributed by atoms with van der Waals surface area (Å²) in [5, 5.41) is 9.36. The maximum Gasteiger partial charge on any atom is 0.132 e. The number of phenolic OH excluding ortho intramolecular Hbond substituents is 1. The van der Waals surface area contributed by atoms with Gasteiger partial charge < -0.3 is 9.84 Å². The second-order valence-corrected chi connectivity index (χ2v) is 3.44. The molecule has 1 N–H and O–H groups in total. The van der Waals surface area contributed by atoms with Crippen LogP contribution in [-0.2, 0) is 0 Å². The highest BCUT2D eigenvalue weighted by atomic mass is 127. The monoisotopic (exact) mass is 264 g/mol. The predicted molar refractivity (Wildman–Crippen MR) is 52.1 cm³/mol. The lowest BCUT2D eigenvalue weighted by Gasteiger charge is -2.04. The molecule has 0 amide bonds. The molecule has 0 aliphatic carbocycles. The summed E-state index contributed by atoms with van der Waals surface area (Å²) in [5.41, 5.74) is 0.841. The fraction of sp³-hybridized carbons (Fsp3) is 0.250. The summed E-state index contributed by atoms with van der Waals surface area (Å²) in [7, 11) is 1.61. The Hall–Kier alpha value is -0.450. The molecule has 0 atom stereocenters. The van der Waals surface area contributed by atoms with Crippen LogP contribution in [0, 0.1) is 10.5 Å². The lowest BCUT2D eigenvalue weighted by molar-refractivity contribution is 0.410. The molecule has 0 heterocycles. The number of hydrogen-bond donors (Lipinski definition) is 1. The molecule has 1 aromatic carbocycles. The van der Waals surface area contributed by atoms with Crippen molar-refractivity contribution in [2.45, 2.75) is 6.92 Å². The summed E-state index contributed by atoms with van der Waals surface area (Å²) in [6, 6.07) is 3.60. The van der Waals surface area contributed by atoms with Crippen LogP contribution in [0.15, 0.2) is 12.1 Å². The largest absolute Gasteiger partial charge is 0.507 e. The molecule has 0 bridgehead atoms. The van der Waals surface area contributed by atoms with Crippen LogP contribution < -0.4 is 4.74 Å². The zero-order valence-electron chi connectivity index (χ0n) is 6.39. The summed E-state index contributed by atoms with van der Waals surface area (Å²) >= 11 is 2.07. The van der Waals surface area contributed by atoms with Crippen LogP contribution in [0.5, 0.6) is 11.5 Å². The molecule has 2 nitrogen and oxygen atoms in total. The second-order valence-electron chi connectivity index (χ2n) is 2.27. The van der Waals surface area contributed by atoms with Crippen molar-refractivity contribution in [3.8, 4) is 11.5 Å². The van der Waals surface area contributed by atoms with E-state index in [1.807, 2.05) is 6.92 Å². The van der Waals surface area contributed by atoms with Crippen molar-refractivity contribution >= 4 is 22.6 Å². The number of methoxy groups -OCH3 is 1. The number of rotatable bonds is 1. The lowest BCUT2D eigenvalue weighted by atomic mass is 10.2. The molecule has 0 aliphatic heterocycles. The van der Waals surface area contributed by atoms with Crippen molar-refractivity contribution in [3.63, 3.8) is 0 Å². The van der Waals surface area contributed by atoms with Crippen LogP contribution in [0.1, 0.15) is 5.56 Å². The minimum atomic E-state index is 0.339. The SMILES string of the molecule is COc1cc(C)c(O)c(I)c1. The summed E-state index contributed by atoms with van der Waals surface area (Å²) in [6.07, 6.45) is 0. The van der Waals surface area contributed by atoms with Gasteiger partial charge in [-0.05, 0) is 47.2 Å². The molecule has 0 unspecified atom stereocenters. The van der Waals surface area contributed by atoms with Crippen molar-refractivity contribution in [1.29, 1.82) is 0 Å². The van der Waals surface area contributed by atoms with Gasteiger partial charge in [0.15, 0.2) is 0 Å². The van der Waals surface area contributed by atoms with Gasteiger partial charge in [0.05, 0.1) is 10.7 Å². The quantitative estimate of drug-likeness (QED) is 0.789. The third-order valence-corrected chi connectivity index (χ3v) is 2.29. The van der Waals surface area contributed by atoms with Gasteiger partial charge >= 0.3 is 0 Å². The standard InChI is InChI=1S/C8H9IO2/c1-5-3-6(11-2)4-7(9)8(5)10/h3-4,10H,1-2H3. The van der Waals surface area contributed by atoms with Crippen LogP contribution in [-0.4, -0.2) is 12.2 Å². The van der Waals surface area contributed by atoms with E-state index in [2.05, 4.69) is 22.6 Å². The van der Waals surface area contributed by atoms with E-state index in [1.165, 1.54) is 0 Å². The van der Waals surface area contributed by atoms with Gasteiger partial charge in [0.1, 0.15) is 11.5 Å². The molecule has 0 fully saturated rings. The van der Waals surface area contributed by atoms with E-state index in [9.17, 15) is 5.11 Å². The average Bonchev–Trinajstić information content (AvgIpc) is 1.99. The van der Waals surface area contributed by atoms with E-state index < -0.39 is 0 Å². The molecule has 0 radical (unpaired) electrons. The van der Waals surface area contributed by atoms with Gasteiger partial charge in [0.2, 0.25) is 0 Å². The maximum atomic E-state index is 9.36. The van der Waals surface area contributed by atoms with Crippen molar-refractivity contribution < 1.29 is 9.84 Å². The van der Waals surface area contributed by atoms with Crippen LogP contribution in [0.2, 0.25) is 0 Å². The second kappa shape index (κ2) is 3.30. The Morgan fingerprint density at radius 3 is 2.55 bits per heavy atom. The van der Waals surface area contributed by atoms with Gasteiger partial charge in [0, 0.05) is 0 Å². The third kappa shape index (κ3) is 1.77. The van der Waals surface area contributed by atoms with Crippen LogP contribution in [0.4, 0.5) is 0 Å². The number of hydrogen-bond acceptors (Lipinski definition) is 2. The number of benzene rings is 1. The fourth-order valence-corrected chi connectivity index (χ4v) is 1.56. The molecule has 1 aromatic rings. The molecule has 1 rings (SSSR count). The smallest absolute Gasteiger partial charge is 0.132 e. The first-order chi connectivity index (χ1) is 5.15. The fourth-order valence-electron chi connectivity index (χ4n) is 0.823. The van der Waals surface area contributed by atoms with Crippen molar-refractivity contribution in [2.75, 3.05) is 7.11 Å². The number of ether oxygens (including phenoxy) is 1. The number of halogens is 1. The number of aromatic hydroxyl groups is 1. The topological polar surface area (TPSA) is 29.5 Å². The highest BCUT2D eigenvalue weighted by Crippen LogP contribution is 2.28. The maximum absolute atomic E-state index is 9.36. The van der Waals surface area contributed by atoms with E-state index in [-0.39, 0.29) is 0 Å². The Morgan fingerprint density at radius 2 is 2.09 bits per heavy atom. The van der Waals surface area contributed by atoms with E-state index in [0.29, 0.717) is 5.75 Å². The van der Waals surface area contributed by atoms with E-state index >= 15 is 0 Å². The molecule has 3 heteroatoms. The zero-order valence-corrected chi connectivity index (χ0v) is 8.55. The van der Waals surface area contributed by atoms with Crippen molar-refractivity contribution in [3.05, 3.63) is 21.3 Å². The van der Waals surface area contributed by atoms with E-state index in [1.54, 1.807) is 19.2 Å². The Balaban J connectivity index is 3.21. The van der Waals surface area contributed by atoms with Gasteiger partial charge in [-0.1, -0.05) is 0 Å². The Morgan fingerprint density at radius 1 is 1.45 bits per heavy atom. The lowest BCUT2D eigenvalue weighted by Crippen LogP contribution is -1.86. The Kier molecular flexibility index (Phi) is 2.59. The van der Waals surface area contributed by atoms with Crippen molar-refractivity contribution in [2.24, 2.45) is 0 Å². The van der Waals surface area contributed by atoms with E-state index in [0.717, 1.165) is 14.9 Å². The molecular weight excluding hydrogens is 255 g/mol. The summed E-state index contributed by atoms with van der Waals surface area (Å²) in [6.45, 7) is 1.85. The van der Waals surface area contributed by atoms with Crippen LogP contribution in [0.25, 0.3) is 0 Å². The Labute approximate surface area is 79.3 Å². The summed E-state index contributed by atoms with van der Waals surface area (Å²) in [5.74, 6) is 1.12. The first kappa shape index (κ1) is 8.64. The average molecular weight is 264 g/mol. The first-order valence-corrected chi connectivity index (χ1v) is 4.26. The van der Waals surface area contributed by atoms with Crippen LogP contribution >= 0.6 is 22.6 Å². The predicted octanol–water partition coefficient (Wildman–Crippen LogP) is 2.31. The normalized spacial score (nSPS) is 9.73. The summed E-state index contributed by atoms with van der Waals surface area (Å²) < 4.78 is 5.83. The van der Waals surface area contributed by atoms with Crippen LogP contribution in [0.3, 0.4) is 0 Å². The minimum Gasteiger partial charge on any atom is -0.507 e. The molecule has 0 saturated heterocycles. The van der Waals surface area contributed by atoms with Gasteiger partial charge in [0.25, 0.3) is 0 Å². The molecule has 0 aliphatic rings. The van der Waals surface area contributed by atoms with Gasteiger partial charge in [-0.15, -0.1) is 0 Å². The Bertz CT molecular complexity index is 248. The van der Waals surface area contributed by atoms with Gasteiger partial charge in [-0.25, -0.2) is 0 Å². The third-order valence-electron chi connectivity index (χ3n) is 1.46. The van der Waals surface area contributed by atoms with Crippen molar-refractivity contribution in [1.82, 2.24) is 0 Å². The van der Waals surface area contributed by atoms with Gasteiger partial charge in [-0.3, -0.25) is 0 Å². The molecule has 0 aromatic heterocycles. The zero-order chi connectivity index (χ0) is 8.43. The van der Waals surface area contributed by atoms with Gasteiger partial charge in [-0.2, -0.15) is 0 Å². The minimum absolute atomic E-state index is 0.339. The molecule has 60 valence electrons. The highest BCUT2D eigenvalue weighted by Gasteiger charge is 2.03. The summed E-state index contributed by atoms with van der Waals surface area (Å²) in [4.78, 5) is 0.